The smallest absolute Gasteiger partial charge is 0.311 e. The molecule has 1 aromatic carbocycles. The summed E-state index contributed by atoms with van der Waals surface area (Å²) in [6.07, 6.45) is 11.8. The zero-order valence-corrected chi connectivity index (χ0v) is 15.7. The molecule has 0 amide bonds. The van der Waals surface area contributed by atoms with Crippen molar-refractivity contribution < 1.29 is 14.3 Å². The van der Waals surface area contributed by atoms with Crippen molar-refractivity contribution in [1.29, 1.82) is 0 Å². The molecule has 1 aliphatic rings. The van der Waals surface area contributed by atoms with Crippen LogP contribution < -0.4 is 4.74 Å². The van der Waals surface area contributed by atoms with Crippen LogP contribution in [0.3, 0.4) is 0 Å². The number of rotatable bonds is 8. The molecule has 1 aliphatic carbocycles. The van der Waals surface area contributed by atoms with Gasteiger partial charge in [-0.15, -0.1) is 0 Å². The number of carbonyl (C=O) groups excluding carboxylic acids is 2. The minimum Gasteiger partial charge on any atom is -0.424 e. The van der Waals surface area contributed by atoms with Gasteiger partial charge in [0.1, 0.15) is 0 Å². The highest BCUT2D eigenvalue weighted by Gasteiger charge is 2.24. The molecule has 1 heterocycles. The number of ketones is 1. The summed E-state index contributed by atoms with van der Waals surface area (Å²) in [4.78, 5) is 28.2. The summed E-state index contributed by atoms with van der Waals surface area (Å²) in [7, 11) is 0. The molecule has 2 aromatic rings. The lowest BCUT2D eigenvalue weighted by atomic mass is 9.83. The van der Waals surface area contributed by atoms with E-state index in [2.05, 4.69) is 11.9 Å². The van der Waals surface area contributed by atoms with Crippen molar-refractivity contribution >= 4 is 22.7 Å². The minimum atomic E-state index is -0.203. The normalized spacial score (nSPS) is 15.3. The number of aromatic amines is 1. The van der Waals surface area contributed by atoms with Crippen molar-refractivity contribution in [3.05, 3.63) is 30.0 Å². The molecule has 1 fully saturated rings. The van der Waals surface area contributed by atoms with Gasteiger partial charge in [-0.1, -0.05) is 51.5 Å². The molecule has 0 spiro atoms. The van der Waals surface area contributed by atoms with Crippen molar-refractivity contribution in [2.45, 2.75) is 71.1 Å². The van der Waals surface area contributed by atoms with Crippen molar-refractivity contribution in [2.75, 3.05) is 0 Å². The summed E-state index contributed by atoms with van der Waals surface area (Å²) in [6.45, 7) is 2.15. The first-order valence-electron chi connectivity index (χ1n) is 10.1. The van der Waals surface area contributed by atoms with Crippen LogP contribution in [0.5, 0.6) is 5.75 Å². The number of hydrogen-bond acceptors (Lipinski definition) is 3. The van der Waals surface area contributed by atoms with Gasteiger partial charge in [-0.05, 0) is 31.4 Å². The molecule has 26 heavy (non-hydrogen) atoms. The number of hydrogen-bond donors (Lipinski definition) is 1. The predicted molar refractivity (Wildman–Crippen MR) is 104 cm³/mol. The second kappa shape index (κ2) is 9.02. The molecule has 0 saturated heterocycles. The van der Waals surface area contributed by atoms with E-state index in [1.165, 1.54) is 6.42 Å². The quantitative estimate of drug-likeness (QED) is 0.369. The van der Waals surface area contributed by atoms with Crippen LogP contribution in [-0.2, 0) is 4.79 Å². The highest BCUT2D eigenvalue weighted by Crippen LogP contribution is 2.32. The fourth-order valence-corrected chi connectivity index (χ4v) is 3.87. The fraction of sp³-hybridized carbons (Fsp3) is 0.545. The Bertz CT molecular complexity index is 756. The number of para-hydroxylation sites is 1. The lowest BCUT2D eigenvalue weighted by Gasteiger charge is -2.20. The van der Waals surface area contributed by atoms with Crippen LogP contribution in [0, 0.1) is 5.92 Å². The molecule has 0 radical (unpaired) electrons. The van der Waals surface area contributed by atoms with E-state index < -0.39 is 0 Å². The van der Waals surface area contributed by atoms with Gasteiger partial charge in [-0.3, -0.25) is 9.59 Å². The van der Waals surface area contributed by atoms with Crippen molar-refractivity contribution in [3.8, 4) is 5.75 Å². The number of carbonyl (C=O) groups is 2. The van der Waals surface area contributed by atoms with E-state index in [-0.39, 0.29) is 17.7 Å². The molecule has 0 atom stereocenters. The van der Waals surface area contributed by atoms with Crippen LogP contribution in [0.15, 0.2) is 24.4 Å². The number of esters is 1. The molecule has 3 rings (SSSR count). The number of ether oxygens (including phenoxy) is 1. The number of H-pyrrole nitrogens is 1. The summed E-state index contributed by atoms with van der Waals surface area (Å²) in [6, 6.07) is 5.67. The molecule has 140 valence electrons. The largest absolute Gasteiger partial charge is 0.424 e. The van der Waals surface area contributed by atoms with Gasteiger partial charge in [-0.2, -0.15) is 0 Å². The highest BCUT2D eigenvalue weighted by molar-refractivity contribution is 6.09. The van der Waals surface area contributed by atoms with E-state index >= 15 is 0 Å². The van der Waals surface area contributed by atoms with E-state index in [4.69, 9.17) is 4.74 Å². The fourth-order valence-electron chi connectivity index (χ4n) is 3.87. The maximum Gasteiger partial charge on any atom is 0.311 e. The van der Waals surface area contributed by atoms with Gasteiger partial charge < -0.3 is 9.72 Å². The standard InChI is InChI=1S/C22H29NO3/c1-2-3-4-8-14-20(24)26-19-15-23-21-17(19)12-9-13-18(21)22(25)16-10-6-5-7-11-16/h9,12-13,15-16,23H,2-8,10-11,14H2,1H3. The van der Waals surface area contributed by atoms with Crippen LogP contribution in [0.25, 0.3) is 10.9 Å². The van der Waals surface area contributed by atoms with Gasteiger partial charge >= 0.3 is 5.97 Å². The number of nitrogens with one attached hydrogen (secondary N) is 1. The Morgan fingerprint density at radius 1 is 1.12 bits per heavy atom. The van der Waals surface area contributed by atoms with Crippen LogP contribution >= 0.6 is 0 Å². The zero-order chi connectivity index (χ0) is 18.4. The highest BCUT2D eigenvalue weighted by atomic mass is 16.5. The first-order valence-corrected chi connectivity index (χ1v) is 10.1. The van der Waals surface area contributed by atoms with Crippen molar-refractivity contribution in [1.82, 2.24) is 4.98 Å². The SMILES string of the molecule is CCCCCCC(=O)Oc1c[nH]c2c(C(=O)C3CCCCC3)cccc12. The van der Waals surface area contributed by atoms with Crippen LogP contribution in [0.1, 0.15) is 81.5 Å². The van der Waals surface area contributed by atoms with Crippen LogP contribution in [0.4, 0.5) is 0 Å². The topological polar surface area (TPSA) is 59.2 Å². The molecule has 1 N–H and O–H groups in total. The van der Waals surface area contributed by atoms with E-state index in [1.54, 1.807) is 6.20 Å². The molecule has 1 saturated carbocycles. The summed E-state index contributed by atoms with van der Waals surface area (Å²) in [5.41, 5.74) is 1.51. The molecule has 4 nitrogen and oxygen atoms in total. The summed E-state index contributed by atoms with van der Waals surface area (Å²) < 4.78 is 5.55. The third-order valence-electron chi connectivity index (χ3n) is 5.38. The number of Topliss-reactive ketones (excluding diaryl/α,β-unsaturated/α-hetero) is 1. The monoisotopic (exact) mass is 355 g/mol. The Kier molecular flexibility index (Phi) is 6.48. The van der Waals surface area contributed by atoms with E-state index in [0.29, 0.717) is 12.2 Å². The lowest BCUT2D eigenvalue weighted by Crippen LogP contribution is -2.18. The average Bonchev–Trinajstić information content (AvgIpc) is 3.08. The number of aromatic nitrogens is 1. The number of fused-ring (bicyclic) bond motifs is 1. The molecular weight excluding hydrogens is 326 g/mol. The van der Waals surface area contributed by atoms with E-state index in [0.717, 1.165) is 67.8 Å². The first-order chi connectivity index (χ1) is 12.7. The summed E-state index contributed by atoms with van der Waals surface area (Å²) in [5, 5.41) is 0.813. The van der Waals surface area contributed by atoms with Gasteiger partial charge in [0.15, 0.2) is 11.5 Å². The summed E-state index contributed by atoms with van der Waals surface area (Å²) in [5.74, 6) is 0.668. The predicted octanol–water partition coefficient (Wildman–Crippen LogP) is 5.81. The van der Waals surface area contributed by atoms with E-state index in [9.17, 15) is 9.59 Å². The molecule has 1 aromatic heterocycles. The molecule has 0 unspecified atom stereocenters. The molecule has 4 heteroatoms. The van der Waals surface area contributed by atoms with Crippen molar-refractivity contribution in [3.63, 3.8) is 0 Å². The third-order valence-corrected chi connectivity index (χ3v) is 5.38. The molecule has 0 aliphatic heterocycles. The molecular formula is C22H29NO3. The summed E-state index contributed by atoms with van der Waals surface area (Å²) >= 11 is 0. The Morgan fingerprint density at radius 3 is 2.69 bits per heavy atom. The van der Waals surface area contributed by atoms with E-state index in [1.807, 2.05) is 18.2 Å². The van der Waals surface area contributed by atoms with Gasteiger partial charge in [0.05, 0.1) is 5.52 Å². The Balaban J connectivity index is 1.72. The first kappa shape index (κ1) is 18.7. The Morgan fingerprint density at radius 2 is 1.92 bits per heavy atom. The lowest BCUT2D eigenvalue weighted by molar-refractivity contribution is -0.134. The second-order valence-corrected chi connectivity index (χ2v) is 7.36. The third kappa shape index (κ3) is 4.35. The average molecular weight is 355 g/mol. The van der Waals surface area contributed by atoms with Crippen molar-refractivity contribution in [2.24, 2.45) is 5.92 Å². The Hall–Kier alpha value is -2.10. The second-order valence-electron chi connectivity index (χ2n) is 7.36. The van der Waals surface area contributed by atoms with Gasteiger partial charge in [0, 0.05) is 29.5 Å². The maximum atomic E-state index is 12.9. The molecule has 0 bridgehead atoms. The zero-order valence-electron chi connectivity index (χ0n) is 15.7. The van der Waals surface area contributed by atoms with Gasteiger partial charge in [0.2, 0.25) is 0 Å². The van der Waals surface area contributed by atoms with Gasteiger partial charge in [0.25, 0.3) is 0 Å². The van der Waals surface area contributed by atoms with Crippen LogP contribution in [0.2, 0.25) is 0 Å². The van der Waals surface area contributed by atoms with Gasteiger partial charge in [-0.25, -0.2) is 0 Å². The number of unbranched alkanes of at least 4 members (excludes halogenated alkanes) is 3. The Labute approximate surface area is 155 Å². The number of benzene rings is 1. The maximum absolute atomic E-state index is 12.9. The van der Waals surface area contributed by atoms with Crippen LogP contribution in [-0.4, -0.2) is 16.7 Å². The minimum absolute atomic E-state index is 0.127.